The van der Waals surface area contributed by atoms with E-state index in [1.807, 2.05) is 0 Å². The van der Waals surface area contributed by atoms with Gasteiger partial charge in [0.1, 0.15) is 0 Å². The van der Waals surface area contributed by atoms with Crippen LogP contribution in [-0.2, 0) is 26.2 Å². The standard InChI is InChI=1S/C10H15.C4H10Si.2ClH.Zr/c1-8-5-6-9(7-8)10(2,3)4;1-2-4-5-3-1;;;/h7H,6H2,1-4H3;1-5H2;2*1H;/q-1;;;;+3/p-2. The van der Waals surface area contributed by atoms with Gasteiger partial charge < -0.3 is 24.8 Å². The summed E-state index contributed by atoms with van der Waals surface area (Å²) in [6.07, 6.45) is 9.71. The molecule has 1 aliphatic carbocycles. The molecule has 0 N–H and O–H groups in total. The van der Waals surface area contributed by atoms with Crippen molar-refractivity contribution < 1.29 is 51.0 Å². The molecule has 1 radical (unpaired) electrons. The number of rotatable bonds is 0. The molecule has 0 spiro atoms. The van der Waals surface area contributed by atoms with E-state index >= 15 is 0 Å². The van der Waals surface area contributed by atoms with Gasteiger partial charge in [-0.05, 0) is 5.41 Å². The quantitative estimate of drug-likeness (QED) is 0.332. The first-order chi connectivity index (χ1) is 7.00. The van der Waals surface area contributed by atoms with Crippen LogP contribution < -0.4 is 24.8 Å². The predicted octanol–water partition coefficient (Wildman–Crippen LogP) is -2.10. The van der Waals surface area contributed by atoms with Gasteiger partial charge in [0, 0.05) is 9.52 Å². The summed E-state index contributed by atoms with van der Waals surface area (Å²) in [6, 6.07) is 3.28. The maximum absolute atomic E-state index is 3.30. The van der Waals surface area contributed by atoms with E-state index in [-0.39, 0.29) is 51.0 Å². The van der Waals surface area contributed by atoms with Gasteiger partial charge in [-0.25, -0.2) is 11.6 Å². The molecule has 0 aromatic carbocycles. The van der Waals surface area contributed by atoms with E-state index in [9.17, 15) is 0 Å². The molecule has 2 aliphatic rings. The molecule has 2 rings (SSSR count). The van der Waals surface area contributed by atoms with E-state index in [4.69, 9.17) is 0 Å². The second-order valence-corrected chi connectivity index (χ2v) is 7.85. The first kappa shape index (κ1) is 24.2. The molecule has 0 aromatic rings. The van der Waals surface area contributed by atoms with E-state index in [1.165, 1.54) is 11.1 Å². The van der Waals surface area contributed by atoms with Crippen LogP contribution in [0.2, 0.25) is 12.1 Å². The van der Waals surface area contributed by atoms with Crippen LogP contribution in [0.1, 0.15) is 47.0 Å². The molecule has 1 aliphatic heterocycles. The van der Waals surface area contributed by atoms with Gasteiger partial charge in [-0.2, -0.15) is 5.57 Å². The van der Waals surface area contributed by atoms with Crippen molar-refractivity contribution in [2.45, 2.75) is 59.0 Å². The van der Waals surface area contributed by atoms with Crippen LogP contribution in [-0.4, -0.2) is 9.52 Å². The third-order valence-corrected chi connectivity index (χ3v) is 5.16. The molecule has 1 fully saturated rings. The predicted molar refractivity (Wildman–Crippen MR) is 72.0 cm³/mol. The van der Waals surface area contributed by atoms with Crippen molar-refractivity contribution >= 4 is 9.52 Å². The normalized spacial score (nSPS) is 17.1. The van der Waals surface area contributed by atoms with Crippen LogP contribution in [0, 0.1) is 11.5 Å². The van der Waals surface area contributed by atoms with E-state index in [0.717, 1.165) is 6.42 Å². The van der Waals surface area contributed by atoms with Gasteiger partial charge in [0.25, 0.3) is 0 Å². The Kier molecular flexibility index (Phi) is 16.1. The zero-order chi connectivity index (χ0) is 11.3. The van der Waals surface area contributed by atoms with Crippen LogP contribution in [0.15, 0.2) is 17.2 Å². The monoisotopic (exact) mass is 381 g/mol. The average Bonchev–Trinajstić information content (AvgIpc) is 2.72. The van der Waals surface area contributed by atoms with Crippen LogP contribution >= 0.6 is 0 Å². The molecule has 0 aromatic heterocycles. The van der Waals surface area contributed by atoms with Gasteiger partial charge in [-0.1, -0.05) is 52.6 Å². The van der Waals surface area contributed by atoms with Crippen molar-refractivity contribution in [1.82, 2.24) is 0 Å². The van der Waals surface area contributed by atoms with Gasteiger partial charge in [-0.15, -0.1) is 6.42 Å². The Balaban J connectivity index is -0.000000245. The van der Waals surface area contributed by atoms with E-state index in [2.05, 4.69) is 39.8 Å². The molecular weight excluding hydrogens is 358 g/mol. The minimum Gasteiger partial charge on any atom is -1.00 e. The molecule has 4 heteroatoms. The van der Waals surface area contributed by atoms with Gasteiger partial charge in [0.2, 0.25) is 0 Å². The number of allylic oxidation sites excluding steroid dienone is 4. The summed E-state index contributed by atoms with van der Waals surface area (Å²) in [4.78, 5) is 0. The van der Waals surface area contributed by atoms with Gasteiger partial charge in [-0.3, -0.25) is 6.08 Å². The van der Waals surface area contributed by atoms with E-state index in [0.29, 0.717) is 14.9 Å². The Morgan fingerprint density at radius 1 is 1.11 bits per heavy atom. The zero-order valence-electron chi connectivity index (χ0n) is 12.1. The second kappa shape index (κ2) is 11.9. The Labute approximate surface area is 147 Å². The molecule has 0 saturated carbocycles. The Morgan fingerprint density at radius 3 is 1.78 bits per heavy atom. The molecule has 1 saturated heterocycles. The topological polar surface area (TPSA) is 0 Å². The fourth-order valence-electron chi connectivity index (χ4n) is 1.96. The fourth-order valence-corrected chi connectivity index (χ4v) is 3.73. The largest absolute Gasteiger partial charge is 3.00 e. The van der Waals surface area contributed by atoms with Gasteiger partial charge in [0.05, 0.1) is 0 Å². The minimum atomic E-state index is 0. The van der Waals surface area contributed by atoms with Gasteiger partial charge >= 0.3 is 26.2 Å². The van der Waals surface area contributed by atoms with Gasteiger partial charge in [0.15, 0.2) is 0 Å². The molecular formula is C14H25Cl2SiZr. The van der Waals surface area contributed by atoms with Crippen LogP contribution in [0.25, 0.3) is 0 Å². The van der Waals surface area contributed by atoms with Crippen molar-refractivity contribution in [3.63, 3.8) is 0 Å². The third kappa shape index (κ3) is 10.0. The molecule has 18 heavy (non-hydrogen) atoms. The van der Waals surface area contributed by atoms with Crippen LogP contribution in [0.3, 0.4) is 0 Å². The van der Waals surface area contributed by atoms with E-state index < -0.39 is 0 Å². The molecule has 103 valence electrons. The van der Waals surface area contributed by atoms with Crippen LogP contribution in [0.5, 0.6) is 0 Å². The number of halogens is 2. The Hall–Kier alpha value is 1.16. The van der Waals surface area contributed by atoms with Crippen molar-refractivity contribution in [1.29, 1.82) is 0 Å². The SMILES string of the molecule is C1CC[SiH2]C1.CC1=[C-]CC(C(C)(C)C)=C1.[Cl-].[Cl-].[Zr+3]. The summed E-state index contributed by atoms with van der Waals surface area (Å²) in [6.45, 7) is 8.86. The summed E-state index contributed by atoms with van der Waals surface area (Å²) >= 11 is 0. The number of hydrogen-bond donors (Lipinski definition) is 0. The molecule has 0 amide bonds. The summed E-state index contributed by atoms with van der Waals surface area (Å²) in [7, 11) is 0.543. The molecule has 0 nitrogen and oxygen atoms in total. The Bertz CT molecular complexity index is 256. The molecule has 1 heterocycles. The summed E-state index contributed by atoms with van der Waals surface area (Å²) in [5.41, 5.74) is 3.14. The average molecular weight is 384 g/mol. The maximum atomic E-state index is 3.30. The van der Waals surface area contributed by atoms with Crippen molar-refractivity contribution in [2.24, 2.45) is 5.41 Å². The fraction of sp³-hybridized carbons (Fsp3) is 0.714. The summed E-state index contributed by atoms with van der Waals surface area (Å²) < 4.78 is 0. The maximum Gasteiger partial charge on any atom is 3.00 e. The van der Waals surface area contributed by atoms with Crippen molar-refractivity contribution in [3.8, 4) is 0 Å². The van der Waals surface area contributed by atoms with E-state index in [1.54, 1.807) is 24.9 Å². The smallest absolute Gasteiger partial charge is 1.00 e. The number of hydrogen-bond acceptors (Lipinski definition) is 0. The third-order valence-electron chi connectivity index (χ3n) is 3.16. The minimum absolute atomic E-state index is 0. The molecule has 0 unspecified atom stereocenters. The first-order valence-electron chi connectivity index (χ1n) is 6.28. The Morgan fingerprint density at radius 2 is 1.61 bits per heavy atom. The summed E-state index contributed by atoms with van der Waals surface area (Å²) in [5, 5.41) is 0. The molecule has 0 atom stereocenters. The van der Waals surface area contributed by atoms with Crippen molar-refractivity contribution in [3.05, 3.63) is 23.3 Å². The second-order valence-electron chi connectivity index (χ2n) is 5.72. The van der Waals surface area contributed by atoms with Crippen molar-refractivity contribution in [2.75, 3.05) is 0 Å². The van der Waals surface area contributed by atoms with Crippen LogP contribution in [0.4, 0.5) is 0 Å². The zero-order valence-corrected chi connectivity index (χ0v) is 17.5. The molecule has 0 bridgehead atoms. The summed E-state index contributed by atoms with van der Waals surface area (Å²) in [5.74, 6) is 0. The first-order valence-corrected chi connectivity index (χ1v) is 8.28.